The van der Waals surface area contributed by atoms with Crippen LogP contribution in [0.2, 0.25) is 0 Å². The van der Waals surface area contributed by atoms with Gasteiger partial charge in [-0.2, -0.15) is 0 Å². The molecule has 0 amide bonds. The molecule has 0 saturated carbocycles. The van der Waals surface area contributed by atoms with Crippen LogP contribution in [-0.2, 0) is 9.53 Å². The van der Waals surface area contributed by atoms with Gasteiger partial charge in [0.2, 0.25) is 0 Å². The van der Waals surface area contributed by atoms with Crippen molar-refractivity contribution in [3.63, 3.8) is 0 Å². The highest BCUT2D eigenvalue weighted by Gasteiger charge is 2.21. The minimum atomic E-state index is -0.905. The van der Waals surface area contributed by atoms with E-state index in [0.717, 1.165) is 0 Å². The summed E-state index contributed by atoms with van der Waals surface area (Å²) in [6, 6.07) is 0. The van der Waals surface area contributed by atoms with Crippen LogP contribution in [-0.4, -0.2) is 42.3 Å². The molecule has 102 valence electrons. The van der Waals surface area contributed by atoms with Crippen LogP contribution in [0.1, 0.15) is 41.5 Å². The topological polar surface area (TPSA) is 29.5 Å². The van der Waals surface area contributed by atoms with Gasteiger partial charge in [-0.25, -0.2) is 4.39 Å². The summed E-state index contributed by atoms with van der Waals surface area (Å²) in [5.41, 5.74) is -0.482. The molecule has 4 heteroatoms. The summed E-state index contributed by atoms with van der Waals surface area (Å²) in [7, 11) is 0. The third kappa shape index (κ3) is 8.13. The highest BCUT2D eigenvalue weighted by atomic mass is 19.1. The lowest BCUT2D eigenvalue weighted by Crippen LogP contribution is -2.39. The molecule has 17 heavy (non-hydrogen) atoms. The molecule has 1 atom stereocenters. The van der Waals surface area contributed by atoms with Gasteiger partial charge in [0.1, 0.15) is 11.8 Å². The highest BCUT2D eigenvalue weighted by Crippen LogP contribution is 2.10. The molecule has 0 bridgehead atoms. The van der Waals surface area contributed by atoms with Crippen LogP contribution in [0.5, 0.6) is 0 Å². The van der Waals surface area contributed by atoms with Gasteiger partial charge in [-0.3, -0.25) is 9.69 Å². The van der Waals surface area contributed by atoms with Gasteiger partial charge in [0, 0.05) is 6.54 Å². The standard InChI is InChI=1S/C13H26FNO2/c1-7-15(8-11(14)10(2)3)9-12(16)17-13(4,5)6/h10-11H,7-9H2,1-6H3. The molecule has 0 aromatic carbocycles. The molecular formula is C13H26FNO2. The van der Waals surface area contributed by atoms with Crippen molar-refractivity contribution in [2.75, 3.05) is 19.6 Å². The molecule has 0 radical (unpaired) electrons. The predicted molar refractivity (Wildman–Crippen MR) is 67.7 cm³/mol. The Kier molecular flexibility index (Phi) is 6.68. The number of halogens is 1. The average molecular weight is 247 g/mol. The minimum Gasteiger partial charge on any atom is -0.459 e. The van der Waals surface area contributed by atoms with Crippen LogP contribution >= 0.6 is 0 Å². The van der Waals surface area contributed by atoms with E-state index in [1.54, 1.807) is 4.90 Å². The molecule has 0 spiro atoms. The normalized spacial score (nSPS) is 14.2. The monoisotopic (exact) mass is 247 g/mol. The number of ether oxygens (including phenoxy) is 1. The smallest absolute Gasteiger partial charge is 0.320 e. The van der Waals surface area contributed by atoms with Gasteiger partial charge in [-0.1, -0.05) is 20.8 Å². The Morgan fingerprint density at radius 3 is 2.24 bits per heavy atom. The number of alkyl halides is 1. The van der Waals surface area contributed by atoms with Crippen molar-refractivity contribution in [1.82, 2.24) is 4.90 Å². The molecule has 0 aromatic heterocycles. The van der Waals surface area contributed by atoms with Gasteiger partial charge in [0.15, 0.2) is 0 Å². The maximum atomic E-state index is 13.6. The second-order valence-electron chi connectivity index (χ2n) is 5.67. The Balaban J connectivity index is 4.17. The van der Waals surface area contributed by atoms with E-state index in [4.69, 9.17) is 4.74 Å². The van der Waals surface area contributed by atoms with Gasteiger partial charge in [-0.05, 0) is 33.2 Å². The fraction of sp³-hybridized carbons (Fsp3) is 0.923. The first-order chi connectivity index (χ1) is 7.65. The van der Waals surface area contributed by atoms with E-state index in [1.807, 2.05) is 41.5 Å². The van der Waals surface area contributed by atoms with Crippen LogP contribution in [0.3, 0.4) is 0 Å². The minimum absolute atomic E-state index is 0.0253. The summed E-state index contributed by atoms with van der Waals surface area (Å²) in [4.78, 5) is 13.4. The summed E-state index contributed by atoms with van der Waals surface area (Å²) in [5, 5.41) is 0. The molecule has 0 aliphatic rings. The van der Waals surface area contributed by atoms with E-state index in [1.165, 1.54) is 0 Å². The third-order valence-electron chi connectivity index (χ3n) is 2.38. The predicted octanol–water partition coefficient (Wildman–Crippen LogP) is 2.64. The molecule has 0 saturated heterocycles. The quantitative estimate of drug-likeness (QED) is 0.676. The second-order valence-corrected chi connectivity index (χ2v) is 5.67. The molecule has 0 fully saturated rings. The molecular weight excluding hydrogens is 221 g/mol. The number of rotatable bonds is 6. The maximum absolute atomic E-state index is 13.6. The van der Waals surface area contributed by atoms with Crippen LogP contribution < -0.4 is 0 Å². The van der Waals surface area contributed by atoms with Gasteiger partial charge in [-0.15, -0.1) is 0 Å². The fourth-order valence-corrected chi connectivity index (χ4v) is 1.32. The molecule has 0 aliphatic carbocycles. The summed E-state index contributed by atoms with van der Waals surface area (Å²) in [6.45, 7) is 12.2. The Hall–Kier alpha value is -0.640. The summed E-state index contributed by atoms with van der Waals surface area (Å²) in [6.07, 6.45) is -0.905. The van der Waals surface area contributed by atoms with Crippen molar-refractivity contribution in [3.8, 4) is 0 Å². The number of hydrogen-bond acceptors (Lipinski definition) is 3. The van der Waals surface area contributed by atoms with E-state index in [2.05, 4.69) is 0 Å². The van der Waals surface area contributed by atoms with E-state index in [9.17, 15) is 9.18 Å². The first kappa shape index (κ1) is 16.4. The summed E-state index contributed by atoms with van der Waals surface area (Å²) < 4.78 is 18.8. The number of carbonyl (C=O) groups excluding carboxylic acids is 1. The number of esters is 1. The van der Waals surface area contributed by atoms with Crippen LogP contribution in [0.25, 0.3) is 0 Å². The van der Waals surface area contributed by atoms with E-state index in [-0.39, 0.29) is 25.0 Å². The first-order valence-corrected chi connectivity index (χ1v) is 6.24. The molecule has 0 heterocycles. The van der Waals surface area contributed by atoms with Crippen LogP contribution in [0.15, 0.2) is 0 Å². The molecule has 0 aliphatic heterocycles. The Labute approximate surface area is 104 Å². The lowest BCUT2D eigenvalue weighted by Gasteiger charge is -2.25. The van der Waals surface area contributed by atoms with Gasteiger partial charge in [0.25, 0.3) is 0 Å². The van der Waals surface area contributed by atoms with Crippen molar-refractivity contribution in [2.24, 2.45) is 5.92 Å². The first-order valence-electron chi connectivity index (χ1n) is 6.24. The zero-order valence-electron chi connectivity index (χ0n) is 11.9. The van der Waals surface area contributed by atoms with E-state index in [0.29, 0.717) is 6.54 Å². The van der Waals surface area contributed by atoms with Crippen molar-refractivity contribution < 1.29 is 13.9 Å². The van der Waals surface area contributed by atoms with Gasteiger partial charge >= 0.3 is 5.97 Å². The lowest BCUT2D eigenvalue weighted by atomic mass is 10.1. The van der Waals surface area contributed by atoms with Crippen molar-refractivity contribution in [2.45, 2.75) is 53.3 Å². The van der Waals surface area contributed by atoms with Crippen molar-refractivity contribution in [3.05, 3.63) is 0 Å². The zero-order chi connectivity index (χ0) is 13.6. The van der Waals surface area contributed by atoms with Gasteiger partial charge in [0.05, 0.1) is 6.54 Å². The third-order valence-corrected chi connectivity index (χ3v) is 2.38. The Bertz CT molecular complexity index is 236. The number of carbonyl (C=O) groups is 1. The number of hydrogen-bond donors (Lipinski definition) is 0. The summed E-state index contributed by atoms with van der Waals surface area (Å²) in [5.74, 6) is -0.321. The van der Waals surface area contributed by atoms with Crippen LogP contribution in [0, 0.1) is 5.92 Å². The fourth-order valence-electron chi connectivity index (χ4n) is 1.32. The number of likely N-dealkylation sites (N-methyl/N-ethyl adjacent to an activating group) is 1. The number of nitrogens with zero attached hydrogens (tertiary/aromatic N) is 1. The Morgan fingerprint density at radius 1 is 1.35 bits per heavy atom. The van der Waals surface area contributed by atoms with Crippen LogP contribution in [0.4, 0.5) is 4.39 Å². The van der Waals surface area contributed by atoms with Crippen molar-refractivity contribution in [1.29, 1.82) is 0 Å². The molecule has 0 rings (SSSR count). The SMILES string of the molecule is CCN(CC(=O)OC(C)(C)C)CC(F)C(C)C. The average Bonchev–Trinajstić information content (AvgIpc) is 2.13. The summed E-state index contributed by atoms with van der Waals surface area (Å²) >= 11 is 0. The molecule has 1 unspecified atom stereocenters. The van der Waals surface area contributed by atoms with E-state index < -0.39 is 11.8 Å². The van der Waals surface area contributed by atoms with Crippen molar-refractivity contribution >= 4 is 5.97 Å². The highest BCUT2D eigenvalue weighted by molar-refractivity contribution is 5.72. The van der Waals surface area contributed by atoms with E-state index >= 15 is 0 Å². The maximum Gasteiger partial charge on any atom is 0.320 e. The largest absolute Gasteiger partial charge is 0.459 e. The molecule has 3 nitrogen and oxygen atoms in total. The zero-order valence-corrected chi connectivity index (χ0v) is 11.9. The molecule has 0 N–H and O–H groups in total. The lowest BCUT2D eigenvalue weighted by molar-refractivity contribution is -0.156. The van der Waals surface area contributed by atoms with Gasteiger partial charge < -0.3 is 4.74 Å². The second kappa shape index (κ2) is 6.94. The Morgan fingerprint density at radius 2 is 1.88 bits per heavy atom. The molecule has 0 aromatic rings.